The van der Waals surface area contributed by atoms with E-state index >= 15 is 0 Å². The van der Waals surface area contributed by atoms with Gasteiger partial charge in [-0.1, -0.05) is 0 Å². The summed E-state index contributed by atoms with van der Waals surface area (Å²) in [5, 5.41) is 9.12. The molecule has 1 atom stereocenters. The molecule has 15 heavy (non-hydrogen) atoms. The van der Waals surface area contributed by atoms with Crippen LogP contribution in [0.3, 0.4) is 0 Å². The Balaban J connectivity index is 2.82. The van der Waals surface area contributed by atoms with E-state index in [9.17, 15) is 9.59 Å². The number of carbonyl (C=O) groups excluding carboxylic acids is 1. The van der Waals surface area contributed by atoms with Gasteiger partial charge < -0.3 is 9.84 Å². The average molecular weight is 232 g/mol. The van der Waals surface area contributed by atoms with Crippen LogP contribution >= 0.6 is 11.8 Å². The minimum absolute atomic E-state index is 0.317. The number of rotatable bonds is 2. The summed E-state index contributed by atoms with van der Waals surface area (Å²) in [6, 6.07) is 0. The highest BCUT2D eigenvalue weighted by Gasteiger charge is 2.51. The van der Waals surface area contributed by atoms with Gasteiger partial charge in [0.1, 0.15) is 5.60 Å². The summed E-state index contributed by atoms with van der Waals surface area (Å²) in [6.07, 6.45) is 0.363. The molecule has 0 aromatic heterocycles. The molecule has 1 unspecified atom stereocenters. The van der Waals surface area contributed by atoms with E-state index in [2.05, 4.69) is 0 Å². The molecule has 0 spiro atoms. The third kappa shape index (κ3) is 2.65. The number of thioether (sulfide) groups is 1. The summed E-state index contributed by atoms with van der Waals surface area (Å²) in [7, 11) is 0. The van der Waals surface area contributed by atoms with E-state index in [4.69, 9.17) is 9.84 Å². The molecular formula is C10H16O4S. The molecule has 0 amide bonds. The van der Waals surface area contributed by atoms with Crippen LogP contribution in [0, 0.1) is 5.41 Å². The molecule has 0 saturated carbocycles. The van der Waals surface area contributed by atoms with Gasteiger partial charge in [-0.15, -0.1) is 0 Å². The van der Waals surface area contributed by atoms with Gasteiger partial charge in [0.25, 0.3) is 0 Å². The molecule has 0 aliphatic carbocycles. The fourth-order valence-electron chi connectivity index (χ4n) is 1.36. The number of carboxylic acids is 1. The second-order valence-electron chi connectivity index (χ2n) is 4.69. The Morgan fingerprint density at radius 2 is 2.00 bits per heavy atom. The minimum atomic E-state index is -1.32. The average Bonchev–Trinajstić information content (AvgIpc) is 2.48. The quantitative estimate of drug-likeness (QED) is 0.578. The lowest BCUT2D eigenvalue weighted by Gasteiger charge is -2.27. The molecule has 5 heteroatoms. The van der Waals surface area contributed by atoms with Crippen LogP contribution in [-0.2, 0) is 14.3 Å². The van der Waals surface area contributed by atoms with Gasteiger partial charge in [-0.05, 0) is 32.9 Å². The summed E-state index contributed by atoms with van der Waals surface area (Å²) in [6.45, 7) is 5.22. The molecule has 0 aromatic rings. The van der Waals surface area contributed by atoms with Gasteiger partial charge in [0, 0.05) is 5.75 Å². The number of carbonyl (C=O) groups is 2. The lowest BCUT2D eigenvalue weighted by Crippen LogP contribution is -2.43. The number of hydrogen-bond acceptors (Lipinski definition) is 4. The second kappa shape index (κ2) is 4.04. The van der Waals surface area contributed by atoms with Crippen molar-refractivity contribution in [3.05, 3.63) is 0 Å². The summed E-state index contributed by atoms with van der Waals surface area (Å²) in [5.41, 5.74) is -1.95. The van der Waals surface area contributed by atoms with Crippen molar-refractivity contribution in [2.45, 2.75) is 32.8 Å². The third-order valence-corrected chi connectivity index (χ3v) is 3.41. The normalized spacial score (nSPS) is 26.3. The highest BCUT2D eigenvalue weighted by molar-refractivity contribution is 7.99. The van der Waals surface area contributed by atoms with E-state index in [0.29, 0.717) is 17.9 Å². The van der Waals surface area contributed by atoms with Gasteiger partial charge in [-0.25, -0.2) is 0 Å². The monoisotopic (exact) mass is 232 g/mol. The van der Waals surface area contributed by atoms with Crippen molar-refractivity contribution >= 4 is 23.7 Å². The smallest absolute Gasteiger partial charge is 0.324 e. The van der Waals surface area contributed by atoms with Crippen LogP contribution in [0.2, 0.25) is 0 Å². The van der Waals surface area contributed by atoms with Crippen molar-refractivity contribution < 1.29 is 19.4 Å². The fourth-order valence-corrected chi connectivity index (χ4v) is 2.73. The Morgan fingerprint density at radius 1 is 1.40 bits per heavy atom. The largest absolute Gasteiger partial charge is 0.480 e. The molecule has 0 bridgehead atoms. The molecule has 1 aliphatic rings. The molecule has 1 fully saturated rings. The van der Waals surface area contributed by atoms with Crippen LogP contribution in [0.5, 0.6) is 0 Å². The van der Waals surface area contributed by atoms with Gasteiger partial charge in [0.2, 0.25) is 0 Å². The first-order valence-electron chi connectivity index (χ1n) is 4.82. The minimum Gasteiger partial charge on any atom is -0.480 e. The van der Waals surface area contributed by atoms with Gasteiger partial charge in [-0.3, -0.25) is 9.59 Å². The number of hydrogen-bond donors (Lipinski definition) is 1. The first-order valence-corrected chi connectivity index (χ1v) is 5.98. The van der Waals surface area contributed by atoms with E-state index < -0.39 is 23.0 Å². The molecular weight excluding hydrogens is 216 g/mol. The van der Waals surface area contributed by atoms with Crippen LogP contribution in [0.4, 0.5) is 0 Å². The van der Waals surface area contributed by atoms with Crippen molar-refractivity contribution in [1.29, 1.82) is 0 Å². The Kier molecular flexibility index (Phi) is 3.33. The number of aliphatic carboxylic acids is 1. The molecule has 1 rings (SSSR count). The van der Waals surface area contributed by atoms with Crippen LogP contribution in [-0.4, -0.2) is 34.2 Å². The maximum absolute atomic E-state index is 11.8. The standard InChI is InChI=1S/C10H16O4S/c1-9(2,3)14-8(13)10(7(11)12)4-5-15-6-10/h4-6H2,1-3H3,(H,11,12). The van der Waals surface area contributed by atoms with E-state index in [1.165, 1.54) is 11.8 Å². The van der Waals surface area contributed by atoms with E-state index in [1.807, 2.05) is 0 Å². The van der Waals surface area contributed by atoms with Crippen molar-refractivity contribution in [2.24, 2.45) is 5.41 Å². The molecule has 86 valence electrons. The van der Waals surface area contributed by atoms with E-state index in [1.54, 1.807) is 20.8 Å². The number of carboxylic acid groups (broad SMARTS) is 1. The van der Waals surface area contributed by atoms with Crippen LogP contribution in [0.25, 0.3) is 0 Å². The van der Waals surface area contributed by atoms with Crippen LogP contribution in [0.15, 0.2) is 0 Å². The Morgan fingerprint density at radius 3 is 2.33 bits per heavy atom. The van der Waals surface area contributed by atoms with Crippen molar-refractivity contribution in [2.75, 3.05) is 11.5 Å². The number of esters is 1. The molecule has 1 heterocycles. The number of ether oxygens (including phenoxy) is 1. The predicted molar refractivity (Wildman–Crippen MR) is 57.9 cm³/mol. The lowest BCUT2D eigenvalue weighted by atomic mass is 9.87. The highest BCUT2D eigenvalue weighted by Crippen LogP contribution is 2.38. The van der Waals surface area contributed by atoms with Crippen LogP contribution < -0.4 is 0 Å². The molecule has 0 aromatic carbocycles. The maximum atomic E-state index is 11.8. The lowest BCUT2D eigenvalue weighted by molar-refractivity contribution is -0.174. The third-order valence-electron chi connectivity index (χ3n) is 2.22. The predicted octanol–water partition coefficient (Wildman–Crippen LogP) is 1.54. The summed E-state index contributed by atoms with van der Waals surface area (Å²) in [5.74, 6) is -0.655. The van der Waals surface area contributed by atoms with Gasteiger partial charge in [0.15, 0.2) is 5.41 Å². The molecule has 0 radical (unpaired) electrons. The first kappa shape index (κ1) is 12.4. The topological polar surface area (TPSA) is 63.6 Å². The Bertz CT molecular complexity index is 274. The zero-order valence-corrected chi connectivity index (χ0v) is 10.0. The van der Waals surface area contributed by atoms with Crippen molar-refractivity contribution in [3.8, 4) is 0 Å². The highest BCUT2D eigenvalue weighted by atomic mass is 32.2. The molecule has 1 N–H and O–H groups in total. The molecule has 1 aliphatic heterocycles. The zero-order chi connectivity index (χ0) is 11.7. The van der Waals surface area contributed by atoms with E-state index in [0.717, 1.165) is 0 Å². The van der Waals surface area contributed by atoms with Crippen LogP contribution in [0.1, 0.15) is 27.2 Å². The van der Waals surface area contributed by atoms with Gasteiger partial charge >= 0.3 is 11.9 Å². The van der Waals surface area contributed by atoms with Gasteiger partial charge in [-0.2, -0.15) is 11.8 Å². The van der Waals surface area contributed by atoms with Crippen molar-refractivity contribution in [1.82, 2.24) is 0 Å². The Labute approximate surface area is 93.4 Å². The van der Waals surface area contributed by atoms with E-state index in [-0.39, 0.29) is 0 Å². The Hall–Kier alpha value is -0.710. The fraction of sp³-hybridized carbons (Fsp3) is 0.800. The summed E-state index contributed by atoms with van der Waals surface area (Å²) < 4.78 is 5.15. The maximum Gasteiger partial charge on any atom is 0.324 e. The summed E-state index contributed by atoms with van der Waals surface area (Å²) >= 11 is 1.48. The first-order chi connectivity index (χ1) is 6.78. The van der Waals surface area contributed by atoms with Crippen molar-refractivity contribution in [3.63, 3.8) is 0 Å². The second-order valence-corrected chi connectivity index (χ2v) is 5.80. The zero-order valence-electron chi connectivity index (χ0n) is 9.20. The SMILES string of the molecule is CC(C)(C)OC(=O)C1(C(=O)O)CCSC1. The summed E-state index contributed by atoms with van der Waals surface area (Å²) in [4.78, 5) is 22.9. The molecule has 1 saturated heterocycles. The molecule has 4 nitrogen and oxygen atoms in total. The van der Waals surface area contributed by atoms with Gasteiger partial charge in [0.05, 0.1) is 0 Å².